The van der Waals surface area contributed by atoms with Crippen molar-refractivity contribution in [1.29, 1.82) is 0 Å². The van der Waals surface area contributed by atoms with Crippen LogP contribution in [-0.2, 0) is 4.79 Å². The van der Waals surface area contributed by atoms with Gasteiger partial charge in [-0.15, -0.1) is 0 Å². The zero-order chi connectivity index (χ0) is 22.0. The summed E-state index contributed by atoms with van der Waals surface area (Å²) < 4.78 is 10.6. The number of ether oxygens (including phenoxy) is 2. The molecule has 2 aromatic carbocycles. The number of hydrogen-bond acceptors (Lipinski definition) is 7. The highest BCUT2D eigenvalue weighted by Gasteiger charge is 2.34. The second-order valence-electron chi connectivity index (χ2n) is 6.01. The molecular formula is C20H15NO7S2. The Morgan fingerprint density at radius 2 is 1.60 bits per heavy atom. The van der Waals surface area contributed by atoms with Crippen LogP contribution < -0.4 is 14.4 Å². The monoisotopic (exact) mass is 445 g/mol. The normalized spacial score (nSPS) is 14.9. The van der Waals surface area contributed by atoms with E-state index >= 15 is 0 Å². The topological polar surface area (TPSA) is 113 Å². The number of carboxylic acids is 2. The molecule has 0 bridgehead atoms. The van der Waals surface area contributed by atoms with Crippen LogP contribution in [-0.4, -0.2) is 46.6 Å². The lowest BCUT2D eigenvalue weighted by Crippen LogP contribution is -2.28. The van der Waals surface area contributed by atoms with Crippen molar-refractivity contribution >= 4 is 57.9 Å². The number of carbonyl (C=O) groups is 3. The number of carboxylic acid groups (broad SMARTS) is 2. The molecular weight excluding hydrogens is 430 g/mol. The fraction of sp³-hybridized carbons (Fsp3) is 0.100. The van der Waals surface area contributed by atoms with Crippen molar-refractivity contribution in [1.82, 2.24) is 0 Å². The molecule has 1 fully saturated rings. The fourth-order valence-corrected chi connectivity index (χ4v) is 4.07. The van der Waals surface area contributed by atoms with Gasteiger partial charge in [0.2, 0.25) is 0 Å². The predicted octanol–water partition coefficient (Wildman–Crippen LogP) is 3.51. The molecule has 2 aromatic rings. The lowest BCUT2D eigenvalue weighted by atomic mass is 10.1. The molecule has 10 heteroatoms. The summed E-state index contributed by atoms with van der Waals surface area (Å²) >= 11 is 6.31. The molecule has 0 spiro atoms. The van der Waals surface area contributed by atoms with Crippen LogP contribution in [0.5, 0.6) is 11.5 Å². The highest BCUT2D eigenvalue weighted by molar-refractivity contribution is 8.27. The molecule has 1 saturated heterocycles. The number of rotatable bonds is 6. The quantitative estimate of drug-likeness (QED) is 0.509. The van der Waals surface area contributed by atoms with Crippen molar-refractivity contribution < 1.29 is 34.1 Å². The summed E-state index contributed by atoms with van der Waals surface area (Å²) in [7, 11) is 3.01. The first-order chi connectivity index (χ1) is 14.2. The predicted molar refractivity (Wildman–Crippen MR) is 116 cm³/mol. The SMILES string of the molecule is COc1ccc(/C=C2\SC(=S)N(c3cc(C(=O)O)cc(C(=O)O)c3)C2=O)cc1OC. The highest BCUT2D eigenvalue weighted by atomic mass is 32.2. The van der Waals surface area contributed by atoms with Crippen molar-refractivity contribution in [3.05, 3.63) is 58.0 Å². The molecule has 0 unspecified atom stereocenters. The van der Waals surface area contributed by atoms with Gasteiger partial charge in [0.15, 0.2) is 15.8 Å². The molecule has 3 rings (SSSR count). The minimum Gasteiger partial charge on any atom is -0.493 e. The van der Waals surface area contributed by atoms with E-state index < -0.39 is 17.8 Å². The number of carbonyl (C=O) groups excluding carboxylic acids is 1. The third-order valence-electron chi connectivity index (χ3n) is 4.17. The Labute approximate surface area is 180 Å². The molecule has 1 heterocycles. The molecule has 1 aliphatic heterocycles. The molecule has 0 aliphatic carbocycles. The Morgan fingerprint density at radius 3 is 2.13 bits per heavy atom. The van der Waals surface area contributed by atoms with Gasteiger partial charge in [0.1, 0.15) is 0 Å². The Bertz CT molecular complexity index is 1080. The van der Waals surface area contributed by atoms with Crippen molar-refractivity contribution in [2.24, 2.45) is 0 Å². The Morgan fingerprint density at radius 1 is 1.00 bits per heavy atom. The summed E-state index contributed by atoms with van der Waals surface area (Å²) in [5.41, 5.74) is 0.217. The van der Waals surface area contributed by atoms with Gasteiger partial charge < -0.3 is 19.7 Å². The van der Waals surface area contributed by atoms with E-state index in [-0.39, 0.29) is 21.1 Å². The zero-order valence-corrected chi connectivity index (χ0v) is 17.4. The van der Waals surface area contributed by atoms with Crippen LogP contribution in [0.2, 0.25) is 0 Å². The average Bonchev–Trinajstić information content (AvgIpc) is 3.00. The first-order valence-electron chi connectivity index (χ1n) is 8.36. The number of amides is 1. The number of hydrogen-bond donors (Lipinski definition) is 2. The third-order valence-corrected chi connectivity index (χ3v) is 5.47. The van der Waals surface area contributed by atoms with Gasteiger partial charge in [-0.2, -0.15) is 0 Å². The first-order valence-corrected chi connectivity index (χ1v) is 9.59. The summed E-state index contributed by atoms with van der Waals surface area (Å²) in [6.07, 6.45) is 1.61. The maximum absolute atomic E-state index is 13.0. The van der Waals surface area contributed by atoms with E-state index in [2.05, 4.69) is 0 Å². The number of thiocarbonyl (C=S) groups is 1. The van der Waals surface area contributed by atoms with Crippen LogP contribution >= 0.6 is 24.0 Å². The van der Waals surface area contributed by atoms with Gasteiger partial charge in [-0.3, -0.25) is 9.69 Å². The van der Waals surface area contributed by atoms with Crippen LogP contribution in [0.4, 0.5) is 5.69 Å². The summed E-state index contributed by atoms with van der Waals surface area (Å²) in [6.45, 7) is 0. The summed E-state index contributed by atoms with van der Waals surface area (Å²) in [5, 5.41) is 18.5. The number of nitrogens with zero attached hydrogens (tertiary/aromatic N) is 1. The number of anilines is 1. The Hall–Kier alpha value is -3.37. The van der Waals surface area contributed by atoms with E-state index in [1.807, 2.05) is 0 Å². The van der Waals surface area contributed by atoms with Crippen LogP contribution in [0, 0.1) is 0 Å². The van der Waals surface area contributed by atoms with Gasteiger partial charge in [-0.25, -0.2) is 9.59 Å². The average molecular weight is 445 g/mol. The maximum Gasteiger partial charge on any atom is 0.335 e. The van der Waals surface area contributed by atoms with E-state index in [1.54, 1.807) is 24.3 Å². The number of benzene rings is 2. The highest BCUT2D eigenvalue weighted by Crippen LogP contribution is 2.37. The summed E-state index contributed by atoms with van der Waals surface area (Å²) in [4.78, 5) is 37.1. The lowest BCUT2D eigenvalue weighted by Gasteiger charge is -2.16. The molecule has 2 N–H and O–H groups in total. The maximum atomic E-state index is 13.0. The summed E-state index contributed by atoms with van der Waals surface area (Å²) in [5.74, 6) is -2.09. The van der Waals surface area contributed by atoms with Crippen LogP contribution in [0.3, 0.4) is 0 Å². The van der Waals surface area contributed by atoms with Gasteiger partial charge in [0.05, 0.1) is 35.9 Å². The standard InChI is InChI=1S/C20H15NO7S2/c1-27-14-4-3-10(5-15(14)28-2)6-16-17(22)21(20(29)30-16)13-8-11(18(23)24)7-12(9-13)19(25)26/h3-9H,1-2H3,(H,23,24)(H,25,26)/b16-6-. The largest absolute Gasteiger partial charge is 0.493 e. The van der Waals surface area contributed by atoms with E-state index in [1.165, 1.54) is 26.4 Å². The molecule has 0 saturated carbocycles. The van der Waals surface area contributed by atoms with E-state index in [0.29, 0.717) is 22.0 Å². The molecule has 0 atom stereocenters. The zero-order valence-electron chi connectivity index (χ0n) is 15.7. The first kappa shape index (κ1) is 21.3. The number of thioether (sulfide) groups is 1. The number of aromatic carboxylic acids is 2. The molecule has 154 valence electrons. The molecule has 8 nitrogen and oxygen atoms in total. The summed E-state index contributed by atoms with van der Waals surface area (Å²) in [6, 6.07) is 8.56. The van der Waals surface area contributed by atoms with E-state index in [9.17, 15) is 24.6 Å². The second kappa shape index (κ2) is 8.56. The second-order valence-corrected chi connectivity index (χ2v) is 7.69. The molecule has 0 aromatic heterocycles. The lowest BCUT2D eigenvalue weighted by molar-refractivity contribution is -0.113. The van der Waals surface area contributed by atoms with Gasteiger partial charge in [-0.1, -0.05) is 30.0 Å². The van der Waals surface area contributed by atoms with E-state index in [4.69, 9.17) is 21.7 Å². The fourth-order valence-electron chi connectivity index (χ4n) is 2.77. The van der Waals surface area contributed by atoms with Gasteiger partial charge in [0, 0.05) is 0 Å². The van der Waals surface area contributed by atoms with E-state index in [0.717, 1.165) is 22.7 Å². The van der Waals surface area contributed by atoms with Crippen molar-refractivity contribution in [2.75, 3.05) is 19.1 Å². The minimum absolute atomic E-state index is 0.0745. The third kappa shape index (κ3) is 4.14. The number of methoxy groups -OCH3 is 2. The minimum atomic E-state index is -1.31. The smallest absolute Gasteiger partial charge is 0.335 e. The molecule has 1 amide bonds. The van der Waals surface area contributed by atoms with Crippen molar-refractivity contribution in [3.63, 3.8) is 0 Å². The van der Waals surface area contributed by atoms with Crippen molar-refractivity contribution in [2.45, 2.75) is 0 Å². The van der Waals surface area contributed by atoms with Gasteiger partial charge >= 0.3 is 11.9 Å². The molecule has 30 heavy (non-hydrogen) atoms. The molecule has 0 radical (unpaired) electrons. The Balaban J connectivity index is 2.00. The van der Waals surface area contributed by atoms with Crippen LogP contribution in [0.15, 0.2) is 41.3 Å². The Kier molecular flexibility index (Phi) is 6.09. The van der Waals surface area contributed by atoms with Crippen LogP contribution in [0.1, 0.15) is 26.3 Å². The van der Waals surface area contributed by atoms with Gasteiger partial charge in [-0.05, 0) is 42.0 Å². The van der Waals surface area contributed by atoms with Crippen LogP contribution in [0.25, 0.3) is 6.08 Å². The van der Waals surface area contributed by atoms with Crippen molar-refractivity contribution in [3.8, 4) is 11.5 Å². The molecule has 1 aliphatic rings. The van der Waals surface area contributed by atoms with Gasteiger partial charge in [0.25, 0.3) is 5.91 Å².